The molecule has 1 fully saturated rings. The Balaban J connectivity index is 1.93. The summed E-state index contributed by atoms with van der Waals surface area (Å²) in [6.07, 6.45) is 2.15. The van der Waals surface area contributed by atoms with Crippen molar-refractivity contribution in [1.82, 2.24) is 15.1 Å². The fourth-order valence-electron chi connectivity index (χ4n) is 2.31. The van der Waals surface area contributed by atoms with E-state index in [0.717, 1.165) is 0 Å². The molecule has 21 heavy (non-hydrogen) atoms. The molecule has 2 rings (SSSR count). The molecule has 7 nitrogen and oxygen atoms in total. The van der Waals surface area contributed by atoms with E-state index >= 15 is 0 Å². The molecule has 1 amide bonds. The number of ether oxygens (including phenoxy) is 2. The summed E-state index contributed by atoms with van der Waals surface area (Å²) in [5.74, 6) is -0.251. The van der Waals surface area contributed by atoms with E-state index in [2.05, 4.69) is 10.2 Å². The van der Waals surface area contributed by atoms with Crippen molar-refractivity contribution in [3.05, 3.63) is 18.3 Å². The van der Waals surface area contributed by atoms with Gasteiger partial charge in [-0.15, -0.1) is 5.10 Å². The number of aromatic nitrogens is 2. The number of carbonyl (C=O) groups excluding carboxylic acids is 2. The predicted molar refractivity (Wildman–Crippen MR) is 73.5 cm³/mol. The van der Waals surface area contributed by atoms with Crippen molar-refractivity contribution >= 4 is 11.9 Å². The molecular formula is C14H19N3O4. The van der Waals surface area contributed by atoms with E-state index in [4.69, 9.17) is 9.47 Å². The first-order valence-corrected chi connectivity index (χ1v) is 6.82. The summed E-state index contributed by atoms with van der Waals surface area (Å²) in [6, 6.07) is 3.46. The molecule has 1 saturated heterocycles. The zero-order valence-electron chi connectivity index (χ0n) is 12.4. The molecule has 0 radical (unpaired) electrons. The number of likely N-dealkylation sites (tertiary alicyclic amines) is 1. The number of rotatable bonds is 4. The molecule has 1 atom stereocenters. The molecule has 0 saturated carbocycles. The molecule has 1 aliphatic heterocycles. The van der Waals surface area contributed by atoms with Crippen molar-refractivity contribution in [1.29, 1.82) is 0 Å². The molecule has 7 heteroatoms. The van der Waals surface area contributed by atoms with Crippen LogP contribution in [0.5, 0.6) is 5.88 Å². The predicted octanol–water partition coefficient (Wildman–Crippen LogP) is 0.798. The highest BCUT2D eigenvalue weighted by atomic mass is 16.6. The number of amides is 1. The molecule has 1 unspecified atom stereocenters. The van der Waals surface area contributed by atoms with Crippen molar-refractivity contribution < 1.29 is 19.1 Å². The first kappa shape index (κ1) is 15.2. The summed E-state index contributed by atoms with van der Waals surface area (Å²) in [5, 5.41) is 7.59. The number of nitrogens with zero attached hydrogens (tertiary/aromatic N) is 3. The van der Waals surface area contributed by atoms with Gasteiger partial charge in [-0.2, -0.15) is 5.10 Å². The maximum atomic E-state index is 12.4. The Morgan fingerprint density at radius 3 is 2.81 bits per heavy atom. The van der Waals surface area contributed by atoms with E-state index in [1.165, 1.54) is 6.92 Å². The third-order valence-corrected chi connectivity index (χ3v) is 3.18. The van der Waals surface area contributed by atoms with Crippen molar-refractivity contribution in [3.63, 3.8) is 0 Å². The fraction of sp³-hybridized carbons (Fsp3) is 0.571. The summed E-state index contributed by atoms with van der Waals surface area (Å²) < 4.78 is 10.7. The monoisotopic (exact) mass is 293 g/mol. The van der Waals surface area contributed by atoms with Crippen LogP contribution in [-0.2, 0) is 14.3 Å². The number of hydrogen-bond donors (Lipinski definition) is 0. The van der Waals surface area contributed by atoms with Gasteiger partial charge in [0, 0.05) is 32.2 Å². The van der Waals surface area contributed by atoms with Crippen LogP contribution in [0.3, 0.4) is 0 Å². The molecule has 0 N–H and O–H groups in total. The van der Waals surface area contributed by atoms with Crippen molar-refractivity contribution in [3.8, 4) is 5.88 Å². The fourth-order valence-corrected chi connectivity index (χ4v) is 2.31. The second-order valence-corrected chi connectivity index (χ2v) is 5.45. The molecule has 0 aliphatic carbocycles. The molecule has 0 aromatic carbocycles. The summed E-state index contributed by atoms with van der Waals surface area (Å²) in [7, 11) is 0. The van der Waals surface area contributed by atoms with Crippen LogP contribution in [0.1, 0.15) is 27.2 Å². The van der Waals surface area contributed by atoms with E-state index in [-0.39, 0.29) is 12.0 Å². The second-order valence-electron chi connectivity index (χ2n) is 5.45. The average molecular weight is 293 g/mol. The minimum Gasteiger partial charge on any atom is -0.471 e. The molecule has 0 spiro atoms. The zero-order chi connectivity index (χ0) is 15.5. The van der Waals surface area contributed by atoms with Crippen LogP contribution in [0.15, 0.2) is 18.3 Å². The Bertz CT molecular complexity index is 518. The molecule has 114 valence electrons. The Morgan fingerprint density at radius 1 is 1.43 bits per heavy atom. The number of esters is 1. The van der Waals surface area contributed by atoms with Gasteiger partial charge < -0.3 is 14.4 Å². The largest absolute Gasteiger partial charge is 0.471 e. The molecule has 1 aliphatic rings. The Labute approximate surface area is 123 Å². The first-order valence-electron chi connectivity index (χ1n) is 6.82. The third-order valence-electron chi connectivity index (χ3n) is 3.18. The zero-order valence-corrected chi connectivity index (χ0v) is 12.4. The Kier molecular flexibility index (Phi) is 4.40. The van der Waals surface area contributed by atoms with E-state index in [1.54, 1.807) is 37.1 Å². The average Bonchev–Trinajstić information content (AvgIpc) is 2.86. The standard InChI is InChI=1S/C14H19N3O4/c1-10(18)21-14(2,3)13(19)17-8-6-11(9-17)20-12-5-4-7-15-16-12/h4-5,7,11H,6,8-9H2,1-3H3. The molecular weight excluding hydrogens is 274 g/mol. The lowest BCUT2D eigenvalue weighted by Gasteiger charge is -2.28. The summed E-state index contributed by atoms with van der Waals surface area (Å²) in [6.45, 7) is 5.48. The number of carbonyl (C=O) groups is 2. The second kappa shape index (κ2) is 6.07. The summed E-state index contributed by atoms with van der Waals surface area (Å²) >= 11 is 0. The molecule has 2 heterocycles. The quantitative estimate of drug-likeness (QED) is 0.764. The maximum Gasteiger partial charge on any atom is 0.303 e. The van der Waals surface area contributed by atoms with Crippen LogP contribution in [0.2, 0.25) is 0 Å². The lowest BCUT2D eigenvalue weighted by Crippen LogP contribution is -2.47. The first-order chi connectivity index (χ1) is 9.88. The SMILES string of the molecule is CC(=O)OC(C)(C)C(=O)N1CCC(Oc2cccnn2)C1. The van der Waals surface area contributed by atoms with Crippen molar-refractivity contribution in [2.75, 3.05) is 13.1 Å². The van der Waals surface area contributed by atoms with Gasteiger partial charge in [0.2, 0.25) is 5.88 Å². The summed E-state index contributed by atoms with van der Waals surface area (Å²) in [4.78, 5) is 25.1. The highest BCUT2D eigenvalue weighted by Crippen LogP contribution is 2.21. The maximum absolute atomic E-state index is 12.4. The lowest BCUT2D eigenvalue weighted by atomic mass is 10.1. The van der Waals surface area contributed by atoms with Gasteiger partial charge >= 0.3 is 5.97 Å². The van der Waals surface area contributed by atoms with Crippen molar-refractivity contribution in [2.45, 2.75) is 38.9 Å². The van der Waals surface area contributed by atoms with E-state index in [0.29, 0.717) is 25.4 Å². The smallest absolute Gasteiger partial charge is 0.303 e. The van der Waals surface area contributed by atoms with Gasteiger partial charge in [-0.1, -0.05) is 0 Å². The lowest BCUT2D eigenvalue weighted by molar-refractivity contribution is -0.168. The highest BCUT2D eigenvalue weighted by molar-refractivity contribution is 5.87. The van der Waals surface area contributed by atoms with Crippen molar-refractivity contribution in [2.24, 2.45) is 0 Å². The minimum atomic E-state index is -1.16. The topological polar surface area (TPSA) is 81.6 Å². The normalized spacial score (nSPS) is 18.4. The number of hydrogen-bond acceptors (Lipinski definition) is 6. The Hall–Kier alpha value is -2.18. The summed E-state index contributed by atoms with van der Waals surface area (Å²) in [5.41, 5.74) is -1.16. The van der Waals surface area contributed by atoms with E-state index < -0.39 is 11.6 Å². The van der Waals surface area contributed by atoms with Crippen LogP contribution < -0.4 is 4.74 Å². The Morgan fingerprint density at radius 2 is 2.19 bits per heavy atom. The van der Waals surface area contributed by atoms with Crippen LogP contribution in [0.4, 0.5) is 0 Å². The van der Waals surface area contributed by atoms with Gasteiger partial charge in [0.25, 0.3) is 5.91 Å². The molecule has 1 aromatic heterocycles. The molecule has 0 bridgehead atoms. The van der Waals surface area contributed by atoms with Crippen LogP contribution in [0, 0.1) is 0 Å². The van der Waals surface area contributed by atoms with E-state index in [9.17, 15) is 9.59 Å². The molecule has 1 aromatic rings. The van der Waals surface area contributed by atoms with E-state index in [1.807, 2.05) is 0 Å². The van der Waals surface area contributed by atoms with Gasteiger partial charge in [-0.3, -0.25) is 9.59 Å². The van der Waals surface area contributed by atoms with Gasteiger partial charge in [-0.05, 0) is 19.9 Å². The van der Waals surface area contributed by atoms with Crippen LogP contribution in [0.25, 0.3) is 0 Å². The minimum absolute atomic E-state index is 0.126. The van der Waals surface area contributed by atoms with Gasteiger partial charge in [0.15, 0.2) is 5.60 Å². The van der Waals surface area contributed by atoms with Crippen LogP contribution >= 0.6 is 0 Å². The van der Waals surface area contributed by atoms with Gasteiger partial charge in [0.05, 0.1) is 6.54 Å². The highest BCUT2D eigenvalue weighted by Gasteiger charge is 2.38. The van der Waals surface area contributed by atoms with Gasteiger partial charge in [0.1, 0.15) is 6.10 Å². The third kappa shape index (κ3) is 3.90. The van der Waals surface area contributed by atoms with Crippen LogP contribution in [-0.4, -0.2) is 51.8 Å². The van der Waals surface area contributed by atoms with Gasteiger partial charge in [-0.25, -0.2) is 0 Å².